The molecule has 0 atom stereocenters. The lowest BCUT2D eigenvalue weighted by Crippen LogP contribution is -2.49. The lowest BCUT2D eigenvalue weighted by Gasteiger charge is -2.41. The summed E-state index contributed by atoms with van der Waals surface area (Å²) in [6.07, 6.45) is 5.58. The maximum Gasteiger partial charge on any atom is 0.248 e. The van der Waals surface area contributed by atoms with Crippen molar-refractivity contribution in [3.63, 3.8) is 0 Å². The van der Waals surface area contributed by atoms with Crippen LogP contribution in [0.1, 0.15) is 24.0 Å². The fourth-order valence-electron chi connectivity index (χ4n) is 6.93. The number of nitrogens with zero attached hydrogens (tertiary/aromatic N) is 6. The zero-order chi connectivity index (χ0) is 34.9. The van der Waals surface area contributed by atoms with Crippen LogP contribution in [0.15, 0.2) is 55.4 Å². The first-order valence-electron chi connectivity index (χ1n) is 16.4. The zero-order valence-electron chi connectivity index (χ0n) is 27.9. The lowest BCUT2D eigenvalue weighted by atomic mass is 9.99. The number of piperidine rings is 1. The Morgan fingerprint density at radius 2 is 1.74 bits per heavy atom. The van der Waals surface area contributed by atoms with Crippen molar-refractivity contribution in [2.45, 2.75) is 25.4 Å². The normalized spacial score (nSPS) is 16.4. The zero-order valence-corrected chi connectivity index (χ0v) is 29.4. The average molecular weight is 718 g/mol. The van der Waals surface area contributed by atoms with E-state index in [9.17, 15) is 4.79 Å². The molecule has 0 unspecified atom stereocenters. The van der Waals surface area contributed by atoms with Gasteiger partial charge < -0.3 is 35.1 Å². The van der Waals surface area contributed by atoms with Gasteiger partial charge in [0.15, 0.2) is 0 Å². The second-order valence-electron chi connectivity index (χ2n) is 12.4. The van der Waals surface area contributed by atoms with E-state index >= 15 is 0 Å². The average Bonchev–Trinajstić information content (AvgIpc) is 3.15. The highest BCUT2D eigenvalue weighted by Crippen LogP contribution is 2.51. The van der Waals surface area contributed by atoms with E-state index in [4.69, 9.17) is 53.1 Å². The number of morpholine rings is 1. The molecule has 12 nitrogen and oxygen atoms in total. The number of carbonyl (C=O) groups is 1. The summed E-state index contributed by atoms with van der Waals surface area (Å²) in [5, 5.41) is 3.97. The predicted octanol–water partition coefficient (Wildman–Crippen LogP) is 6.06. The number of nitrogens with two attached hydrogens (primary N) is 1. The number of ether oxygens (including phenoxy) is 3. The van der Waals surface area contributed by atoms with Gasteiger partial charge in [0.05, 0.1) is 45.4 Å². The van der Waals surface area contributed by atoms with Crippen LogP contribution in [0.3, 0.4) is 0 Å². The minimum Gasteiger partial charge on any atom is -0.495 e. The number of hydrogen-bond acceptors (Lipinski definition) is 11. The molecule has 0 bridgehead atoms. The monoisotopic (exact) mass is 716 g/mol. The summed E-state index contributed by atoms with van der Waals surface area (Å²) in [4.78, 5) is 33.5. The number of pyridine rings is 1. The number of rotatable bonds is 9. The Balaban J connectivity index is 1.17. The summed E-state index contributed by atoms with van der Waals surface area (Å²) in [5.74, 6) is 1.17. The van der Waals surface area contributed by atoms with Crippen LogP contribution in [0.5, 0.6) is 11.5 Å². The molecule has 0 radical (unpaired) electrons. The van der Waals surface area contributed by atoms with Crippen molar-refractivity contribution in [1.29, 1.82) is 0 Å². The van der Waals surface area contributed by atoms with Crippen molar-refractivity contribution >= 4 is 63.5 Å². The molecule has 260 valence electrons. The fraction of sp³-hybridized carbons (Fsp3) is 0.333. The molecular weight excluding hydrogens is 679 g/mol. The number of anilines is 5. The van der Waals surface area contributed by atoms with Crippen LogP contribution in [0.25, 0.3) is 16.8 Å². The molecule has 3 aliphatic heterocycles. The van der Waals surface area contributed by atoms with E-state index in [1.165, 1.54) is 14.2 Å². The van der Waals surface area contributed by atoms with Crippen LogP contribution >= 0.6 is 23.2 Å². The maximum atomic E-state index is 12.4. The van der Waals surface area contributed by atoms with Gasteiger partial charge in [-0.25, -0.2) is 15.0 Å². The molecule has 2 aromatic heterocycles. The smallest absolute Gasteiger partial charge is 0.248 e. The molecule has 3 aliphatic rings. The Labute approximate surface area is 300 Å². The Morgan fingerprint density at radius 3 is 2.42 bits per heavy atom. The van der Waals surface area contributed by atoms with Crippen LogP contribution in [0.2, 0.25) is 10.0 Å². The molecule has 0 spiro atoms. The Hall–Kier alpha value is -4.62. The van der Waals surface area contributed by atoms with Crippen molar-refractivity contribution in [3.8, 4) is 22.8 Å². The maximum absolute atomic E-state index is 12.4. The number of aromatic nitrogens is 3. The van der Waals surface area contributed by atoms with E-state index in [0.717, 1.165) is 69.0 Å². The van der Waals surface area contributed by atoms with E-state index in [-0.39, 0.29) is 5.57 Å². The van der Waals surface area contributed by atoms with Gasteiger partial charge in [-0.05, 0) is 43.2 Å². The Bertz CT molecular complexity index is 1920. The topological polar surface area (TPSA) is 131 Å². The largest absolute Gasteiger partial charge is 0.495 e. The van der Waals surface area contributed by atoms with E-state index in [1.54, 1.807) is 18.5 Å². The van der Waals surface area contributed by atoms with Gasteiger partial charge in [-0.3, -0.25) is 9.69 Å². The number of fused-ring (bicyclic) bond motifs is 3. The van der Waals surface area contributed by atoms with Gasteiger partial charge >= 0.3 is 0 Å². The van der Waals surface area contributed by atoms with Crippen LogP contribution in [-0.2, 0) is 16.1 Å². The summed E-state index contributed by atoms with van der Waals surface area (Å²) in [7, 11) is 3.07. The molecule has 2 aromatic carbocycles. The second kappa shape index (κ2) is 14.3. The number of hydrogen-bond donors (Lipinski definition) is 2. The van der Waals surface area contributed by atoms with Crippen LogP contribution in [0.4, 0.5) is 28.8 Å². The molecule has 1 amide bonds. The van der Waals surface area contributed by atoms with Crippen molar-refractivity contribution < 1.29 is 19.0 Å². The molecular formula is C36H38Cl2N8O4. The van der Waals surface area contributed by atoms with Crippen LogP contribution < -0.4 is 30.3 Å². The summed E-state index contributed by atoms with van der Waals surface area (Å²) in [6, 6.07) is 11.9. The first kappa shape index (κ1) is 33.9. The number of primary amides is 1. The molecule has 50 heavy (non-hydrogen) atoms. The number of methoxy groups -OCH3 is 2. The molecule has 2 saturated heterocycles. The molecule has 2 fully saturated rings. The third kappa shape index (κ3) is 6.39. The lowest BCUT2D eigenvalue weighted by molar-refractivity contribution is -0.112. The standard InChI is InChI=1S/C36H38Cl2N8O4/c1-21(34(39)47)26-17-24(44-11-8-23(9-12-44)45-13-15-50-16-14-45)6-7-27(26)42-36-41-19-22-20-46(35-25(32(22)43-36)5-4-10-40-35)33-30(37)28(48-2)18-29(49-3)31(33)38/h4-7,10,17-19,23H,1,8-9,11-16,20H2,2-3H3,(H2,39,47)(H,41,42,43). The number of amides is 1. The van der Waals surface area contributed by atoms with Crippen molar-refractivity contribution in [1.82, 2.24) is 19.9 Å². The van der Waals surface area contributed by atoms with E-state index in [0.29, 0.717) is 68.5 Å². The molecule has 0 aliphatic carbocycles. The van der Waals surface area contributed by atoms with Crippen molar-refractivity contribution in [3.05, 3.63) is 76.5 Å². The highest BCUT2D eigenvalue weighted by atomic mass is 35.5. The van der Waals surface area contributed by atoms with E-state index in [2.05, 4.69) is 26.7 Å². The van der Waals surface area contributed by atoms with Crippen molar-refractivity contribution in [2.75, 3.05) is 68.7 Å². The molecule has 4 aromatic rings. The number of nitrogens with one attached hydrogen (secondary N) is 1. The van der Waals surface area contributed by atoms with Gasteiger partial charge in [0, 0.05) is 84.3 Å². The summed E-state index contributed by atoms with van der Waals surface area (Å²) in [5.41, 5.74) is 10.9. The van der Waals surface area contributed by atoms with Gasteiger partial charge in [0.2, 0.25) is 11.9 Å². The third-order valence-corrected chi connectivity index (χ3v) is 10.3. The quantitative estimate of drug-likeness (QED) is 0.196. The van der Waals surface area contributed by atoms with Gasteiger partial charge in [0.25, 0.3) is 0 Å². The summed E-state index contributed by atoms with van der Waals surface area (Å²) < 4.78 is 16.6. The number of benzene rings is 2. The summed E-state index contributed by atoms with van der Waals surface area (Å²) >= 11 is 13.6. The van der Waals surface area contributed by atoms with Gasteiger partial charge in [-0.1, -0.05) is 29.8 Å². The SMILES string of the molecule is C=C(C(N)=O)c1cc(N2CCC(N3CCOCC3)CC2)ccc1Nc1ncc2c(n1)-c1cccnc1N(c1c(Cl)c(OC)cc(OC)c1Cl)C2. The predicted molar refractivity (Wildman–Crippen MR) is 196 cm³/mol. The van der Waals surface area contributed by atoms with E-state index in [1.807, 2.05) is 35.2 Å². The molecule has 3 N–H and O–H groups in total. The van der Waals surface area contributed by atoms with Gasteiger partial charge in [-0.2, -0.15) is 0 Å². The first-order valence-corrected chi connectivity index (χ1v) is 17.2. The molecule has 5 heterocycles. The van der Waals surface area contributed by atoms with Gasteiger partial charge in [-0.15, -0.1) is 0 Å². The van der Waals surface area contributed by atoms with E-state index < -0.39 is 5.91 Å². The summed E-state index contributed by atoms with van der Waals surface area (Å²) in [6.45, 7) is 9.73. The molecule has 14 heteroatoms. The fourth-order valence-corrected chi connectivity index (χ4v) is 7.63. The van der Waals surface area contributed by atoms with Crippen LogP contribution in [0, 0.1) is 0 Å². The Kier molecular flexibility index (Phi) is 9.69. The highest BCUT2D eigenvalue weighted by molar-refractivity contribution is 6.41. The number of halogens is 2. The van der Waals surface area contributed by atoms with Crippen LogP contribution in [-0.4, -0.2) is 85.4 Å². The first-order chi connectivity index (χ1) is 24.3. The highest BCUT2D eigenvalue weighted by Gasteiger charge is 2.32. The minimum atomic E-state index is -0.603. The number of carbonyl (C=O) groups excluding carboxylic acids is 1. The minimum absolute atomic E-state index is 0.197. The second-order valence-corrected chi connectivity index (χ2v) is 13.1. The Morgan fingerprint density at radius 1 is 1.02 bits per heavy atom. The third-order valence-electron chi connectivity index (χ3n) is 9.57. The molecule has 7 rings (SSSR count). The van der Waals surface area contributed by atoms with Gasteiger partial charge in [0.1, 0.15) is 27.4 Å². The molecule has 0 saturated carbocycles. The van der Waals surface area contributed by atoms with Crippen molar-refractivity contribution in [2.24, 2.45) is 5.73 Å².